The van der Waals surface area contributed by atoms with Gasteiger partial charge in [0.2, 0.25) is 11.1 Å². The van der Waals surface area contributed by atoms with Crippen molar-refractivity contribution < 1.29 is 9.53 Å². The van der Waals surface area contributed by atoms with Crippen LogP contribution in [0, 0.1) is 0 Å². The van der Waals surface area contributed by atoms with Gasteiger partial charge in [-0.25, -0.2) is 4.98 Å². The molecule has 1 amide bonds. The van der Waals surface area contributed by atoms with Gasteiger partial charge in [0.05, 0.1) is 18.4 Å². The van der Waals surface area contributed by atoms with Crippen molar-refractivity contribution in [2.45, 2.75) is 5.16 Å². The van der Waals surface area contributed by atoms with E-state index in [1.54, 1.807) is 31.4 Å². The van der Waals surface area contributed by atoms with E-state index in [-0.39, 0.29) is 11.7 Å². The molecule has 0 aliphatic rings. The van der Waals surface area contributed by atoms with Gasteiger partial charge in [0.15, 0.2) is 5.82 Å². The van der Waals surface area contributed by atoms with Gasteiger partial charge in [-0.2, -0.15) is 0 Å². The number of H-pyrrole nitrogens is 1. The third kappa shape index (κ3) is 4.52. The normalized spacial score (nSPS) is 10.5. The molecule has 8 heteroatoms. The Kier molecular flexibility index (Phi) is 5.57. The average molecular weight is 375 g/mol. The molecule has 128 valence electrons. The molecule has 6 nitrogen and oxygen atoms in total. The van der Waals surface area contributed by atoms with Crippen molar-refractivity contribution in [3.8, 4) is 17.1 Å². The molecule has 25 heavy (non-hydrogen) atoms. The molecule has 2 aromatic carbocycles. The Hall–Kier alpha value is -2.51. The highest BCUT2D eigenvalue weighted by Crippen LogP contribution is 2.28. The summed E-state index contributed by atoms with van der Waals surface area (Å²) in [6.07, 6.45) is 0. The number of nitrogens with zero attached hydrogens (tertiary/aromatic N) is 2. The molecule has 2 N–H and O–H groups in total. The van der Waals surface area contributed by atoms with Gasteiger partial charge in [0, 0.05) is 10.7 Å². The van der Waals surface area contributed by atoms with Crippen LogP contribution in [-0.2, 0) is 4.79 Å². The van der Waals surface area contributed by atoms with Crippen molar-refractivity contribution in [3.05, 3.63) is 53.6 Å². The Morgan fingerprint density at radius 3 is 2.92 bits per heavy atom. The smallest absolute Gasteiger partial charge is 0.234 e. The summed E-state index contributed by atoms with van der Waals surface area (Å²) in [6, 6.07) is 14.5. The molecule has 0 bridgehead atoms. The molecular formula is C17H15ClN4O2S. The van der Waals surface area contributed by atoms with E-state index in [1.165, 1.54) is 11.8 Å². The summed E-state index contributed by atoms with van der Waals surface area (Å²) in [5.41, 5.74) is 1.47. The number of hydrogen-bond donors (Lipinski definition) is 2. The second-order valence-electron chi connectivity index (χ2n) is 5.01. The standard InChI is InChI=1S/C17H15ClN4O2S/c1-24-14-8-3-2-7-13(14)16-20-17(22-21-16)25-10-15(23)19-12-6-4-5-11(18)9-12/h2-9H,10H2,1H3,(H,19,23)(H,20,21,22). The van der Waals surface area contributed by atoms with Crippen molar-refractivity contribution in [2.24, 2.45) is 0 Å². The van der Waals surface area contributed by atoms with E-state index in [2.05, 4.69) is 20.5 Å². The average Bonchev–Trinajstić information content (AvgIpc) is 3.09. The Morgan fingerprint density at radius 2 is 2.12 bits per heavy atom. The molecule has 1 heterocycles. The maximum absolute atomic E-state index is 12.0. The Bertz CT molecular complexity index is 884. The van der Waals surface area contributed by atoms with Crippen LogP contribution in [0.4, 0.5) is 5.69 Å². The van der Waals surface area contributed by atoms with Crippen LogP contribution in [0.15, 0.2) is 53.7 Å². The first-order chi connectivity index (χ1) is 12.2. The van der Waals surface area contributed by atoms with E-state index in [9.17, 15) is 4.79 Å². The molecule has 0 aliphatic carbocycles. The van der Waals surface area contributed by atoms with Gasteiger partial charge in [-0.05, 0) is 30.3 Å². The van der Waals surface area contributed by atoms with E-state index in [1.807, 2.05) is 24.3 Å². The number of ether oxygens (including phenoxy) is 1. The lowest BCUT2D eigenvalue weighted by atomic mass is 10.2. The Labute approximate surface area is 154 Å². The molecule has 0 unspecified atom stereocenters. The number of anilines is 1. The highest BCUT2D eigenvalue weighted by molar-refractivity contribution is 7.99. The lowest BCUT2D eigenvalue weighted by Crippen LogP contribution is -2.14. The molecule has 0 atom stereocenters. The third-order valence-corrected chi connectivity index (χ3v) is 4.35. The SMILES string of the molecule is COc1ccccc1-c1nc(SCC(=O)Nc2cccc(Cl)c2)n[nH]1. The third-order valence-electron chi connectivity index (χ3n) is 3.27. The fourth-order valence-electron chi connectivity index (χ4n) is 2.17. The number of hydrogen-bond acceptors (Lipinski definition) is 5. The summed E-state index contributed by atoms with van der Waals surface area (Å²) in [5.74, 6) is 1.33. The lowest BCUT2D eigenvalue weighted by Gasteiger charge is -2.04. The van der Waals surface area contributed by atoms with Crippen molar-refractivity contribution in [1.82, 2.24) is 15.2 Å². The Balaban J connectivity index is 1.61. The number of halogens is 1. The van der Waals surface area contributed by atoms with E-state index in [0.29, 0.717) is 27.4 Å². The van der Waals surface area contributed by atoms with Gasteiger partial charge in [0.1, 0.15) is 5.75 Å². The molecule has 0 saturated heterocycles. The first kappa shape index (κ1) is 17.3. The zero-order valence-electron chi connectivity index (χ0n) is 13.3. The topological polar surface area (TPSA) is 79.9 Å². The van der Waals surface area contributed by atoms with Crippen molar-refractivity contribution in [2.75, 3.05) is 18.2 Å². The van der Waals surface area contributed by atoms with Crippen molar-refractivity contribution in [3.63, 3.8) is 0 Å². The number of aromatic nitrogens is 3. The van der Waals surface area contributed by atoms with Gasteiger partial charge >= 0.3 is 0 Å². The molecule has 1 aromatic heterocycles. The van der Waals surface area contributed by atoms with Crippen LogP contribution in [-0.4, -0.2) is 34.0 Å². The minimum absolute atomic E-state index is 0.157. The maximum Gasteiger partial charge on any atom is 0.234 e. The van der Waals surface area contributed by atoms with Crippen LogP contribution in [0.2, 0.25) is 5.02 Å². The predicted octanol–water partition coefficient (Wildman–Crippen LogP) is 3.86. The predicted molar refractivity (Wildman–Crippen MR) is 99.2 cm³/mol. The van der Waals surface area contributed by atoms with Gasteiger partial charge in [0.25, 0.3) is 0 Å². The highest BCUT2D eigenvalue weighted by Gasteiger charge is 2.12. The van der Waals surface area contributed by atoms with E-state index in [0.717, 1.165) is 5.56 Å². The summed E-state index contributed by atoms with van der Waals surface area (Å²) in [5, 5.41) is 10.8. The molecule has 0 saturated carbocycles. The first-order valence-electron chi connectivity index (χ1n) is 7.39. The molecule has 0 aliphatic heterocycles. The van der Waals surface area contributed by atoms with Crippen LogP contribution >= 0.6 is 23.4 Å². The zero-order valence-corrected chi connectivity index (χ0v) is 14.9. The number of carbonyl (C=O) groups excluding carboxylic acids is 1. The molecule has 3 aromatic rings. The molecule has 0 radical (unpaired) electrons. The minimum Gasteiger partial charge on any atom is -0.496 e. The zero-order chi connectivity index (χ0) is 17.6. The van der Waals surface area contributed by atoms with Crippen LogP contribution < -0.4 is 10.1 Å². The largest absolute Gasteiger partial charge is 0.496 e. The number of para-hydroxylation sites is 1. The maximum atomic E-state index is 12.0. The van der Waals surface area contributed by atoms with E-state index in [4.69, 9.17) is 16.3 Å². The number of methoxy groups -OCH3 is 1. The van der Waals surface area contributed by atoms with Gasteiger partial charge < -0.3 is 10.1 Å². The minimum atomic E-state index is -0.157. The van der Waals surface area contributed by atoms with Crippen LogP contribution in [0.3, 0.4) is 0 Å². The monoisotopic (exact) mass is 374 g/mol. The quantitative estimate of drug-likeness (QED) is 0.640. The van der Waals surface area contributed by atoms with Crippen molar-refractivity contribution >= 4 is 35.0 Å². The number of amides is 1. The summed E-state index contributed by atoms with van der Waals surface area (Å²) in [4.78, 5) is 16.4. The molecule has 0 fully saturated rings. The summed E-state index contributed by atoms with van der Waals surface area (Å²) >= 11 is 7.14. The van der Waals surface area contributed by atoms with Crippen LogP contribution in [0.5, 0.6) is 5.75 Å². The summed E-state index contributed by atoms with van der Waals surface area (Å²) in [7, 11) is 1.60. The summed E-state index contributed by atoms with van der Waals surface area (Å²) < 4.78 is 5.31. The fourth-order valence-corrected chi connectivity index (χ4v) is 2.95. The van der Waals surface area contributed by atoms with Gasteiger partial charge in [-0.3, -0.25) is 9.89 Å². The van der Waals surface area contributed by atoms with Gasteiger partial charge in [-0.1, -0.05) is 41.6 Å². The molecular weight excluding hydrogens is 360 g/mol. The van der Waals surface area contributed by atoms with Crippen molar-refractivity contribution in [1.29, 1.82) is 0 Å². The molecule has 0 spiro atoms. The number of aromatic amines is 1. The number of carbonyl (C=O) groups is 1. The number of benzene rings is 2. The van der Waals surface area contributed by atoms with Crippen LogP contribution in [0.1, 0.15) is 0 Å². The number of nitrogens with one attached hydrogen (secondary N) is 2. The first-order valence-corrected chi connectivity index (χ1v) is 8.76. The van der Waals surface area contributed by atoms with Crippen LogP contribution in [0.25, 0.3) is 11.4 Å². The second kappa shape index (κ2) is 8.04. The number of rotatable bonds is 6. The fraction of sp³-hybridized carbons (Fsp3) is 0.118. The second-order valence-corrected chi connectivity index (χ2v) is 6.39. The van der Waals surface area contributed by atoms with Gasteiger partial charge in [-0.15, -0.1) is 5.10 Å². The number of thioether (sulfide) groups is 1. The van der Waals surface area contributed by atoms with E-state index < -0.39 is 0 Å². The van der Waals surface area contributed by atoms with E-state index >= 15 is 0 Å². The lowest BCUT2D eigenvalue weighted by molar-refractivity contribution is -0.113. The Morgan fingerprint density at radius 1 is 1.28 bits per heavy atom. The highest BCUT2D eigenvalue weighted by atomic mass is 35.5. The molecule has 3 rings (SSSR count). The summed E-state index contributed by atoms with van der Waals surface area (Å²) in [6.45, 7) is 0.